The summed E-state index contributed by atoms with van der Waals surface area (Å²) in [6, 6.07) is 8.17. The molecule has 5 nitrogen and oxygen atoms in total. The van der Waals surface area contributed by atoms with Gasteiger partial charge in [0.05, 0.1) is 44.2 Å². The van der Waals surface area contributed by atoms with Crippen molar-refractivity contribution in [1.29, 1.82) is 0 Å². The van der Waals surface area contributed by atoms with Crippen molar-refractivity contribution in [3.05, 3.63) is 29.8 Å². The van der Waals surface area contributed by atoms with E-state index >= 15 is 0 Å². The van der Waals surface area contributed by atoms with Crippen molar-refractivity contribution in [2.24, 2.45) is 0 Å². The van der Waals surface area contributed by atoms with Crippen LogP contribution in [-0.4, -0.2) is 51.9 Å². The van der Waals surface area contributed by atoms with E-state index in [0.717, 1.165) is 11.0 Å². The minimum absolute atomic E-state index is 0.317. The molecule has 1 aromatic rings. The normalized spacial score (nSPS) is 19.0. The van der Waals surface area contributed by atoms with Gasteiger partial charge in [0, 0.05) is 7.11 Å². The van der Waals surface area contributed by atoms with Crippen LogP contribution in [0.1, 0.15) is 33.3 Å². The predicted octanol–water partition coefficient (Wildman–Crippen LogP) is 2.17. The predicted molar refractivity (Wildman–Crippen MR) is 94.5 cm³/mol. The van der Waals surface area contributed by atoms with Crippen LogP contribution in [0.2, 0.25) is 0 Å². The average molecular weight is 336 g/mol. The fourth-order valence-electron chi connectivity index (χ4n) is 2.30. The van der Waals surface area contributed by atoms with Crippen LogP contribution in [0.15, 0.2) is 24.3 Å². The van der Waals surface area contributed by atoms with Gasteiger partial charge in [-0.15, -0.1) is 0 Å². The van der Waals surface area contributed by atoms with Gasteiger partial charge in [-0.05, 0) is 38.7 Å². The maximum Gasteiger partial charge on any atom is 0.494 e. The van der Waals surface area contributed by atoms with Gasteiger partial charge in [0.1, 0.15) is 0 Å². The lowest BCUT2D eigenvalue weighted by atomic mass is 9.79. The van der Waals surface area contributed by atoms with Crippen LogP contribution in [0.5, 0.6) is 0 Å². The third-order valence-corrected chi connectivity index (χ3v) is 4.58. The topological polar surface area (TPSA) is 46.2 Å². The molecule has 2 rings (SSSR count). The Bertz CT molecular complexity index is 485. The largest absolute Gasteiger partial charge is 0.494 e. The lowest BCUT2D eigenvalue weighted by Crippen LogP contribution is -2.41. The second kappa shape index (κ2) is 8.45. The molecule has 1 aromatic carbocycles. The zero-order chi connectivity index (χ0) is 17.6. The molecule has 1 saturated heterocycles. The van der Waals surface area contributed by atoms with Crippen molar-refractivity contribution in [2.45, 2.75) is 45.5 Å². The second-order valence-corrected chi connectivity index (χ2v) is 6.99. The monoisotopic (exact) mass is 336 g/mol. The second-order valence-electron chi connectivity index (χ2n) is 6.99. The van der Waals surface area contributed by atoms with E-state index in [9.17, 15) is 0 Å². The Labute approximate surface area is 145 Å². The molecule has 1 heterocycles. The minimum atomic E-state index is -0.320. The standard InChI is InChI=1S/C18H29BO5/c1-17(2)18(3,4)24-19(23-17)16-8-6-15(7-9-16)14-22-13-12-21-11-10-20-5/h6-9H,10-14H2,1-5H3. The summed E-state index contributed by atoms with van der Waals surface area (Å²) in [4.78, 5) is 0. The summed E-state index contributed by atoms with van der Waals surface area (Å²) < 4.78 is 28.0. The summed E-state index contributed by atoms with van der Waals surface area (Å²) in [6.45, 7) is 11.2. The molecule has 0 atom stereocenters. The molecule has 0 amide bonds. The highest BCUT2D eigenvalue weighted by molar-refractivity contribution is 6.62. The zero-order valence-corrected chi connectivity index (χ0v) is 15.5. The van der Waals surface area contributed by atoms with E-state index in [-0.39, 0.29) is 18.3 Å². The molecule has 0 radical (unpaired) electrons. The van der Waals surface area contributed by atoms with Crippen LogP contribution in [0, 0.1) is 0 Å². The quantitative estimate of drug-likeness (QED) is 0.511. The molecule has 1 aliphatic rings. The van der Waals surface area contributed by atoms with E-state index in [4.69, 9.17) is 23.5 Å². The van der Waals surface area contributed by atoms with Crippen LogP contribution in [-0.2, 0) is 30.1 Å². The smallest absolute Gasteiger partial charge is 0.399 e. The summed E-state index contributed by atoms with van der Waals surface area (Å²) >= 11 is 0. The van der Waals surface area contributed by atoms with Crippen molar-refractivity contribution in [1.82, 2.24) is 0 Å². The van der Waals surface area contributed by atoms with Crippen LogP contribution in [0.3, 0.4) is 0 Å². The first-order valence-corrected chi connectivity index (χ1v) is 8.44. The number of hydrogen-bond acceptors (Lipinski definition) is 5. The lowest BCUT2D eigenvalue weighted by Gasteiger charge is -2.32. The molecule has 1 fully saturated rings. The fourth-order valence-corrected chi connectivity index (χ4v) is 2.30. The van der Waals surface area contributed by atoms with E-state index in [0.29, 0.717) is 33.0 Å². The molecule has 0 spiro atoms. The first-order valence-electron chi connectivity index (χ1n) is 8.44. The Morgan fingerprint density at radius 2 is 1.38 bits per heavy atom. The minimum Gasteiger partial charge on any atom is -0.399 e. The molecule has 134 valence electrons. The van der Waals surface area contributed by atoms with E-state index in [1.165, 1.54) is 0 Å². The lowest BCUT2D eigenvalue weighted by molar-refractivity contribution is 0.00578. The number of hydrogen-bond donors (Lipinski definition) is 0. The van der Waals surface area contributed by atoms with Gasteiger partial charge in [0.25, 0.3) is 0 Å². The van der Waals surface area contributed by atoms with Gasteiger partial charge in [0.2, 0.25) is 0 Å². The number of methoxy groups -OCH3 is 1. The van der Waals surface area contributed by atoms with Crippen molar-refractivity contribution in [3.63, 3.8) is 0 Å². The molecular formula is C18H29BO5. The molecule has 0 aliphatic carbocycles. The Morgan fingerprint density at radius 3 is 1.96 bits per heavy atom. The molecule has 24 heavy (non-hydrogen) atoms. The SMILES string of the molecule is COCCOCCOCc1ccc(B2OC(C)(C)C(C)(C)O2)cc1. The van der Waals surface area contributed by atoms with Crippen LogP contribution in [0.4, 0.5) is 0 Å². The maximum atomic E-state index is 6.06. The first-order chi connectivity index (χ1) is 11.4. The highest BCUT2D eigenvalue weighted by Crippen LogP contribution is 2.36. The van der Waals surface area contributed by atoms with E-state index in [1.54, 1.807) is 7.11 Å². The maximum absolute atomic E-state index is 6.06. The number of rotatable bonds is 9. The van der Waals surface area contributed by atoms with Crippen LogP contribution < -0.4 is 5.46 Å². The number of benzene rings is 1. The summed E-state index contributed by atoms with van der Waals surface area (Å²) in [6.07, 6.45) is 0. The van der Waals surface area contributed by atoms with E-state index in [2.05, 4.69) is 27.7 Å². The number of ether oxygens (including phenoxy) is 3. The Balaban J connectivity index is 1.76. The summed E-state index contributed by atoms with van der Waals surface area (Å²) in [7, 11) is 1.34. The summed E-state index contributed by atoms with van der Waals surface area (Å²) in [5.74, 6) is 0. The van der Waals surface area contributed by atoms with Crippen LogP contribution in [0.25, 0.3) is 0 Å². The van der Waals surface area contributed by atoms with Gasteiger partial charge in [-0.3, -0.25) is 0 Å². The summed E-state index contributed by atoms with van der Waals surface area (Å²) in [5, 5.41) is 0. The van der Waals surface area contributed by atoms with Crippen molar-refractivity contribution in [3.8, 4) is 0 Å². The zero-order valence-electron chi connectivity index (χ0n) is 15.5. The van der Waals surface area contributed by atoms with Gasteiger partial charge in [-0.2, -0.15) is 0 Å². The molecule has 0 saturated carbocycles. The van der Waals surface area contributed by atoms with Gasteiger partial charge in [-0.25, -0.2) is 0 Å². The van der Waals surface area contributed by atoms with Crippen molar-refractivity contribution in [2.75, 3.05) is 33.5 Å². The molecule has 6 heteroatoms. The van der Waals surface area contributed by atoms with Crippen LogP contribution >= 0.6 is 0 Å². The first kappa shape index (κ1) is 19.4. The summed E-state index contributed by atoms with van der Waals surface area (Å²) in [5.41, 5.74) is 1.51. The average Bonchev–Trinajstić information content (AvgIpc) is 2.75. The third kappa shape index (κ3) is 5.04. The fraction of sp³-hybridized carbons (Fsp3) is 0.667. The van der Waals surface area contributed by atoms with Gasteiger partial charge >= 0.3 is 7.12 Å². The molecular weight excluding hydrogens is 307 g/mol. The van der Waals surface area contributed by atoms with Gasteiger partial charge in [-0.1, -0.05) is 24.3 Å². The van der Waals surface area contributed by atoms with Gasteiger partial charge < -0.3 is 23.5 Å². The van der Waals surface area contributed by atoms with Gasteiger partial charge in [0.15, 0.2) is 0 Å². The Hall–Kier alpha value is -0.915. The van der Waals surface area contributed by atoms with Crippen molar-refractivity contribution >= 4 is 12.6 Å². The highest BCUT2D eigenvalue weighted by atomic mass is 16.7. The van der Waals surface area contributed by atoms with E-state index in [1.807, 2.05) is 24.3 Å². The van der Waals surface area contributed by atoms with E-state index < -0.39 is 0 Å². The van der Waals surface area contributed by atoms with Crippen molar-refractivity contribution < 1.29 is 23.5 Å². The molecule has 0 N–H and O–H groups in total. The molecule has 1 aliphatic heterocycles. The molecule has 0 bridgehead atoms. The molecule has 0 unspecified atom stereocenters. The highest BCUT2D eigenvalue weighted by Gasteiger charge is 2.51. The molecule has 0 aromatic heterocycles. The Kier molecular flexibility index (Phi) is 6.83. The third-order valence-electron chi connectivity index (χ3n) is 4.58. The Morgan fingerprint density at radius 1 is 0.833 bits per heavy atom.